The molecule has 0 N–H and O–H groups in total. The van der Waals surface area contributed by atoms with Gasteiger partial charge in [0.15, 0.2) is 5.03 Å². The first-order valence-corrected chi connectivity index (χ1v) is 8.10. The van der Waals surface area contributed by atoms with Crippen molar-refractivity contribution in [1.82, 2.24) is 13.9 Å². The van der Waals surface area contributed by atoms with E-state index in [-0.39, 0.29) is 11.1 Å². The van der Waals surface area contributed by atoms with Gasteiger partial charge >= 0.3 is 0 Å². The standard InChI is InChI=1S/C10H16BrN3O2S/c1-8-12-10(7-13(8)2)17(15,16)14(6-5-11)9-3-4-9/h7,9H,3-6H2,1-2H3. The van der Waals surface area contributed by atoms with Gasteiger partial charge in [0.1, 0.15) is 5.82 Å². The van der Waals surface area contributed by atoms with Gasteiger partial charge in [-0.2, -0.15) is 4.31 Å². The molecule has 0 aliphatic heterocycles. The van der Waals surface area contributed by atoms with E-state index in [1.165, 1.54) is 0 Å². The molecule has 2 rings (SSSR count). The number of hydrogen-bond acceptors (Lipinski definition) is 3. The molecule has 0 radical (unpaired) electrons. The minimum atomic E-state index is -3.43. The molecule has 5 nitrogen and oxygen atoms in total. The average Bonchev–Trinajstić information content (AvgIpc) is 3.03. The summed E-state index contributed by atoms with van der Waals surface area (Å²) < 4.78 is 28.1. The van der Waals surface area contributed by atoms with Crippen LogP contribution in [-0.2, 0) is 17.1 Å². The third-order valence-electron chi connectivity index (χ3n) is 2.92. The molecule has 0 atom stereocenters. The van der Waals surface area contributed by atoms with Crippen molar-refractivity contribution in [3.05, 3.63) is 12.0 Å². The summed E-state index contributed by atoms with van der Waals surface area (Å²) in [5.74, 6) is 0.707. The van der Waals surface area contributed by atoms with E-state index < -0.39 is 10.0 Å². The zero-order valence-corrected chi connectivity index (χ0v) is 12.3. The lowest BCUT2D eigenvalue weighted by molar-refractivity contribution is 0.422. The summed E-state index contributed by atoms with van der Waals surface area (Å²) in [6, 6.07) is 0.167. The molecule has 0 unspecified atom stereocenters. The molecule has 0 aromatic carbocycles. The molecule has 0 bridgehead atoms. The van der Waals surface area contributed by atoms with Gasteiger partial charge in [0.25, 0.3) is 10.0 Å². The highest BCUT2D eigenvalue weighted by Crippen LogP contribution is 2.31. The Bertz CT molecular complexity index is 488. The highest BCUT2D eigenvalue weighted by atomic mass is 79.9. The third kappa shape index (κ3) is 2.56. The van der Waals surface area contributed by atoms with Gasteiger partial charge in [-0.25, -0.2) is 13.4 Å². The minimum absolute atomic E-state index is 0.158. The van der Waals surface area contributed by atoms with Crippen LogP contribution in [0.25, 0.3) is 0 Å². The molecule has 0 saturated heterocycles. The lowest BCUT2D eigenvalue weighted by Gasteiger charge is -2.19. The molecule has 1 aliphatic carbocycles. The van der Waals surface area contributed by atoms with Crippen molar-refractivity contribution in [1.29, 1.82) is 0 Å². The van der Waals surface area contributed by atoms with Gasteiger partial charge in [-0.15, -0.1) is 0 Å². The summed E-state index contributed by atoms with van der Waals surface area (Å²) in [6.07, 6.45) is 3.49. The van der Waals surface area contributed by atoms with E-state index in [4.69, 9.17) is 0 Å². The molecule has 1 fully saturated rings. The van der Waals surface area contributed by atoms with Crippen LogP contribution in [0.15, 0.2) is 11.2 Å². The van der Waals surface area contributed by atoms with Gasteiger partial charge in [-0.05, 0) is 19.8 Å². The highest BCUT2D eigenvalue weighted by Gasteiger charge is 2.38. The number of halogens is 1. The molecule has 1 aliphatic rings. The Morgan fingerprint density at radius 3 is 2.65 bits per heavy atom. The largest absolute Gasteiger partial charge is 0.337 e. The number of alkyl halides is 1. The van der Waals surface area contributed by atoms with Crippen LogP contribution >= 0.6 is 15.9 Å². The van der Waals surface area contributed by atoms with Crippen molar-refractivity contribution < 1.29 is 8.42 Å². The molecule has 0 spiro atoms. The molecule has 1 aromatic rings. The van der Waals surface area contributed by atoms with Crippen LogP contribution in [0.5, 0.6) is 0 Å². The Kier molecular flexibility index (Phi) is 3.61. The van der Waals surface area contributed by atoms with Gasteiger partial charge in [-0.1, -0.05) is 15.9 Å². The van der Waals surface area contributed by atoms with Crippen LogP contribution in [0.4, 0.5) is 0 Å². The van der Waals surface area contributed by atoms with Crippen LogP contribution in [0.3, 0.4) is 0 Å². The molecule has 96 valence electrons. The van der Waals surface area contributed by atoms with Crippen LogP contribution in [0.2, 0.25) is 0 Å². The second kappa shape index (κ2) is 4.70. The van der Waals surface area contributed by atoms with Crippen LogP contribution < -0.4 is 0 Å². The smallest absolute Gasteiger partial charge is 0.262 e. The van der Waals surface area contributed by atoms with E-state index in [0.717, 1.165) is 12.8 Å². The highest BCUT2D eigenvalue weighted by molar-refractivity contribution is 9.09. The molecule has 7 heteroatoms. The number of sulfonamides is 1. The molecular formula is C10H16BrN3O2S. The number of nitrogens with zero attached hydrogens (tertiary/aromatic N) is 3. The second-order valence-corrected chi connectivity index (χ2v) is 6.90. The monoisotopic (exact) mass is 321 g/mol. The summed E-state index contributed by atoms with van der Waals surface area (Å²) in [6.45, 7) is 2.30. The Hall–Kier alpha value is -0.400. The van der Waals surface area contributed by atoms with Gasteiger partial charge in [0.05, 0.1) is 0 Å². The minimum Gasteiger partial charge on any atom is -0.337 e. The van der Waals surface area contributed by atoms with Crippen molar-refractivity contribution in [3.63, 3.8) is 0 Å². The molecule has 1 aromatic heterocycles. The normalized spacial score (nSPS) is 16.7. The lowest BCUT2D eigenvalue weighted by Crippen LogP contribution is -2.34. The van der Waals surface area contributed by atoms with Crippen molar-refractivity contribution in [2.75, 3.05) is 11.9 Å². The van der Waals surface area contributed by atoms with Crippen LogP contribution in [0, 0.1) is 6.92 Å². The first-order valence-electron chi connectivity index (χ1n) is 5.54. The summed E-state index contributed by atoms with van der Waals surface area (Å²) in [4.78, 5) is 4.11. The number of imidazole rings is 1. The number of rotatable bonds is 5. The summed E-state index contributed by atoms with van der Waals surface area (Å²) in [5, 5.41) is 0.805. The van der Waals surface area contributed by atoms with E-state index in [9.17, 15) is 8.42 Å². The van der Waals surface area contributed by atoms with Crippen LogP contribution in [-0.4, -0.2) is 40.2 Å². The Labute approximate surface area is 110 Å². The van der Waals surface area contributed by atoms with Crippen LogP contribution in [0.1, 0.15) is 18.7 Å². The summed E-state index contributed by atoms with van der Waals surface area (Å²) in [7, 11) is -1.63. The third-order valence-corrected chi connectivity index (χ3v) is 5.10. The fourth-order valence-corrected chi connectivity index (χ4v) is 4.05. The SMILES string of the molecule is Cc1nc(S(=O)(=O)N(CCBr)C2CC2)cn1C. The number of aryl methyl sites for hydroxylation is 2. The fourth-order valence-electron chi connectivity index (χ4n) is 1.72. The van der Waals surface area contributed by atoms with Gasteiger partial charge in [0, 0.05) is 31.2 Å². The zero-order chi connectivity index (χ0) is 12.6. The van der Waals surface area contributed by atoms with E-state index in [2.05, 4.69) is 20.9 Å². The molecule has 1 heterocycles. The first kappa shape index (κ1) is 13.0. The average molecular weight is 322 g/mol. The Morgan fingerprint density at radius 2 is 2.24 bits per heavy atom. The summed E-state index contributed by atoms with van der Waals surface area (Å²) >= 11 is 3.30. The quantitative estimate of drug-likeness (QED) is 0.767. The second-order valence-electron chi connectivity index (χ2n) is 4.27. The van der Waals surface area contributed by atoms with Gasteiger partial charge in [0.2, 0.25) is 0 Å². The molecule has 1 saturated carbocycles. The fraction of sp³-hybridized carbons (Fsp3) is 0.700. The van der Waals surface area contributed by atoms with Crippen molar-refractivity contribution in [2.45, 2.75) is 30.8 Å². The number of aromatic nitrogens is 2. The molecular weight excluding hydrogens is 306 g/mol. The summed E-state index contributed by atoms with van der Waals surface area (Å²) in [5.41, 5.74) is 0. The lowest BCUT2D eigenvalue weighted by atomic mass is 10.6. The maximum atomic E-state index is 12.4. The van der Waals surface area contributed by atoms with Gasteiger partial charge < -0.3 is 4.57 Å². The predicted molar refractivity (Wildman–Crippen MR) is 68.7 cm³/mol. The number of hydrogen-bond donors (Lipinski definition) is 0. The first-order chi connectivity index (χ1) is 7.96. The van der Waals surface area contributed by atoms with Crippen molar-refractivity contribution in [3.8, 4) is 0 Å². The van der Waals surface area contributed by atoms with Crippen molar-refractivity contribution >= 4 is 26.0 Å². The Balaban J connectivity index is 2.33. The van der Waals surface area contributed by atoms with E-state index >= 15 is 0 Å². The maximum Gasteiger partial charge on any atom is 0.262 e. The molecule has 17 heavy (non-hydrogen) atoms. The van der Waals surface area contributed by atoms with E-state index in [1.54, 1.807) is 29.0 Å². The van der Waals surface area contributed by atoms with Crippen molar-refractivity contribution in [2.24, 2.45) is 7.05 Å². The van der Waals surface area contributed by atoms with E-state index in [0.29, 0.717) is 17.7 Å². The van der Waals surface area contributed by atoms with Gasteiger partial charge in [-0.3, -0.25) is 0 Å². The maximum absolute atomic E-state index is 12.4. The Morgan fingerprint density at radius 1 is 1.59 bits per heavy atom. The molecule has 0 amide bonds. The predicted octanol–water partition coefficient (Wildman–Crippen LogP) is 1.28. The zero-order valence-electron chi connectivity index (χ0n) is 9.93. The topological polar surface area (TPSA) is 55.2 Å². The van der Waals surface area contributed by atoms with E-state index in [1.807, 2.05) is 0 Å².